The largest absolute Gasteiger partial charge is 0.481 e. The lowest BCUT2D eigenvalue weighted by Gasteiger charge is -2.35. The highest BCUT2D eigenvalue weighted by atomic mass is 16.5. The van der Waals surface area contributed by atoms with Crippen LogP contribution in [0.3, 0.4) is 0 Å². The normalized spacial score (nSPS) is 19.5. The lowest BCUT2D eigenvalue weighted by molar-refractivity contribution is -0.147. The summed E-state index contributed by atoms with van der Waals surface area (Å²) in [6.45, 7) is 1.77. The third kappa shape index (κ3) is 1.05. The molecule has 0 aromatic carbocycles. The Morgan fingerprint density at radius 2 is 2.38 bits per heavy atom. The molecule has 4 heteroatoms. The number of hydrogen-bond donors (Lipinski definition) is 1. The molecule has 13 heavy (non-hydrogen) atoms. The third-order valence-corrected chi connectivity index (χ3v) is 2.73. The van der Waals surface area contributed by atoms with Gasteiger partial charge in [-0.2, -0.15) is 0 Å². The van der Waals surface area contributed by atoms with Crippen molar-refractivity contribution in [3.05, 3.63) is 17.5 Å². The van der Waals surface area contributed by atoms with E-state index in [2.05, 4.69) is 5.16 Å². The zero-order valence-corrected chi connectivity index (χ0v) is 7.41. The fraction of sp³-hybridized carbons (Fsp3) is 0.556. The second-order valence-corrected chi connectivity index (χ2v) is 3.56. The molecule has 1 saturated carbocycles. The predicted octanol–water partition coefficient (Wildman–Crippen LogP) is 1.49. The van der Waals surface area contributed by atoms with Gasteiger partial charge in [-0.05, 0) is 19.8 Å². The van der Waals surface area contributed by atoms with Gasteiger partial charge in [0.1, 0.15) is 16.9 Å². The first-order chi connectivity index (χ1) is 6.15. The molecule has 0 unspecified atom stereocenters. The molecule has 1 aromatic rings. The van der Waals surface area contributed by atoms with E-state index in [4.69, 9.17) is 9.63 Å². The number of carboxylic acids is 1. The summed E-state index contributed by atoms with van der Waals surface area (Å²) in [6, 6.07) is 1.72. The first kappa shape index (κ1) is 8.29. The quantitative estimate of drug-likeness (QED) is 0.750. The summed E-state index contributed by atoms with van der Waals surface area (Å²) in [4.78, 5) is 11.0. The Hall–Kier alpha value is -1.32. The van der Waals surface area contributed by atoms with E-state index in [1.807, 2.05) is 0 Å². The van der Waals surface area contributed by atoms with Crippen LogP contribution in [0.4, 0.5) is 0 Å². The monoisotopic (exact) mass is 181 g/mol. The van der Waals surface area contributed by atoms with Gasteiger partial charge in [-0.3, -0.25) is 4.79 Å². The number of nitrogens with zero attached hydrogens (tertiary/aromatic N) is 1. The van der Waals surface area contributed by atoms with Gasteiger partial charge in [0, 0.05) is 6.07 Å². The highest BCUT2D eigenvalue weighted by Gasteiger charge is 2.48. The number of aromatic nitrogens is 1. The van der Waals surface area contributed by atoms with Crippen molar-refractivity contribution in [1.29, 1.82) is 0 Å². The van der Waals surface area contributed by atoms with E-state index in [1.54, 1.807) is 13.0 Å². The molecule has 1 N–H and O–H groups in total. The van der Waals surface area contributed by atoms with E-state index in [-0.39, 0.29) is 0 Å². The van der Waals surface area contributed by atoms with Crippen molar-refractivity contribution in [3.8, 4) is 0 Å². The lowest BCUT2D eigenvalue weighted by atomic mass is 9.66. The highest BCUT2D eigenvalue weighted by Crippen LogP contribution is 2.43. The highest BCUT2D eigenvalue weighted by molar-refractivity contribution is 5.81. The number of carbonyl (C=O) groups is 1. The molecule has 2 rings (SSSR count). The molecule has 0 aliphatic heterocycles. The van der Waals surface area contributed by atoms with Crippen molar-refractivity contribution in [1.82, 2.24) is 5.16 Å². The summed E-state index contributed by atoms with van der Waals surface area (Å²) in [5.74, 6) is -0.116. The molecule has 0 atom stereocenters. The standard InChI is InChI=1S/C9H11NO3/c1-6-5-7(10-13-6)9(8(11)12)3-2-4-9/h5H,2-4H2,1H3,(H,11,12). The van der Waals surface area contributed by atoms with Gasteiger partial charge in [0.05, 0.1) is 0 Å². The van der Waals surface area contributed by atoms with Crippen molar-refractivity contribution in [3.63, 3.8) is 0 Å². The molecule has 1 aliphatic carbocycles. The summed E-state index contributed by atoms with van der Waals surface area (Å²) in [7, 11) is 0. The zero-order chi connectivity index (χ0) is 9.47. The maximum Gasteiger partial charge on any atom is 0.315 e. The summed E-state index contributed by atoms with van der Waals surface area (Å²) in [5, 5.41) is 12.8. The van der Waals surface area contributed by atoms with Crippen molar-refractivity contribution in [2.75, 3.05) is 0 Å². The summed E-state index contributed by atoms with van der Waals surface area (Å²) in [5.41, 5.74) is -0.179. The van der Waals surface area contributed by atoms with Gasteiger partial charge in [-0.15, -0.1) is 0 Å². The van der Waals surface area contributed by atoms with Crippen LogP contribution in [0.25, 0.3) is 0 Å². The summed E-state index contributed by atoms with van der Waals surface area (Å²) in [6.07, 6.45) is 2.31. The molecule has 1 heterocycles. The average molecular weight is 181 g/mol. The van der Waals surface area contributed by atoms with Gasteiger partial charge in [0.15, 0.2) is 0 Å². The number of hydrogen-bond acceptors (Lipinski definition) is 3. The first-order valence-electron chi connectivity index (χ1n) is 4.32. The molecular weight excluding hydrogens is 170 g/mol. The Kier molecular flexibility index (Phi) is 1.65. The van der Waals surface area contributed by atoms with Crippen LogP contribution < -0.4 is 0 Å². The van der Waals surface area contributed by atoms with Crippen molar-refractivity contribution in [2.24, 2.45) is 0 Å². The topological polar surface area (TPSA) is 63.3 Å². The number of carboxylic acid groups (broad SMARTS) is 1. The minimum atomic E-state index is -0.785. The molecular formula is C9H11NO3. The zero-order valence-electron chi connectivity index (χ0n) is 7.41. The molecule has 70 valence electrons. The first-order valence-corrected chi connectivity index (χ1v) is 4.32. The molecule has 0 radical (unpaired) electrons. The van der Waals surface area contributed by atoms with Gasteiger partial charge < -0.3 is 9.63 Å². The Morgan fingerprint density at radius 1 is 1.69 bits per heavy atom. The fourth-order valence-electron chi connectivity index (χ4n) is 1.70. The molecule has 1 aliphatic rings. The molecule has 0 saturated heterocycles. The number of rotatable bonds is 2. The lowest BCUT2D eigenvalue weighted by Crippen LogP contribution is -2.42. The molecule has 0 amide bonds. The Morgan fingerprint density at radius 3 is 2.69 bits per heavy atom. The van der Waals surface area contributed by atoms with Crippen molar-refractivity contribution >= 4 is 5.97 Å². The second kappa shape index (κ2) is 2.58. The van der Waals surface area contributed by atoms with E-state index in [0.717, 1.165) is 6.42 Å². The summed E-state index contributed by atoms with van der Waals surface area (Å²) < 4.78 is 4.88. The van der Waals surface area contributed by atoms with Crippen LogP contribution in [0, 0.1) is 6.92 Å². The minimum absolute atomic E-state index is 0.573. The van der Waals surface area contributed by atoms with Crippen molar-refractivity contribution < 1.29 is 14.4 Å². The van der Waals surface area contributed by atoms with E-state index in [0.29, 0.717) is 24.3 Å². The van der Waals surface area contributed by atoms with E-state index in [1.165, 1.54) is 0 Å². The van der Waals surface area contributed by atoms with Gasteiger partial charge >= 0.3 is 5.97 Å². The predicted molar refractivity (Wildman–Crippen MR) is 44.4 cm³/mol. The molecule has 1 aromatic heterocycles. The average Bonchev–Trinajstić information content (AvgIpc) is 2.32. The van der Waals surface area contributed by atoms with E-state index in [9.17, 15) is 4.79 Å². The van der Waals surface area contributed by atoms with Crippen LogP contribution >= 0.6 is 0 Å². The van der Waals surface area contributed by atoms with Crippen LogP contribution in [0.15, 0.2) is 10.6 Å². The van der Waals surface area contributed by atoms with Gasteiger partial charge in [0.25, 0.3) is 0 Å². The minimum Gasteiger partial charge on any atom is -0.481 e. The van der Waals surface area contributed by atoms with Crippen LogP contribution in [-0.2, 0) is 10.2 Å². The Bertz CT molecular complexity index is 338. The van der Waals surface area contributed by atoms with Crippen LogP contribution in [-0.4, -0.2) is 16.2 Å². The number of aliphatic carboxylic acids is 1. The van der Waals surface area contributed by atoms with Crippen LogP contribution in [0.2, 0.25) is 0 Å². The van der Waals surface area contributed by atoms with E-state index < -0.39 is 11.4 Å². The maximum absolute atomic E-state index is 11.0. The fourth-order valence-corrected chi connectivity index (χ4v) is 1.70. The smallest absolute Gasteiger partial charge is 0.315 e. The molecule has 1 fully saturated rings. The molecule has 4 nitrogen and oxygen atoms in total. The second-order valence-electron chi connectivity index (χ2n) is 3.56. The van der Waals surface area contributed by atoms with Crippen molar-refractivity contribution in [2.45, 2.75) is 31.6 Å². The Balaban J connectivity index is 2.37. The van der Waals surface area contributed by atoms with Crippen LogP contribution in [0.1, 0.15) is 30.7 Å². The Labute approximate surface area is 75.5 Å². The van der Waals surface area contributed by atoms with Gasteiger partial charge in [-0.1, -0.05) is 11.6 Å². The number of aryl methyl sites for hydroxylation is 1. The van der Waals surface area contributed by atoms with Gasteiger partial charge in [0.2, 0.25) is 0 Å². The van der Waals surface area contributed by atoms with E-state index >= 15 is 0 Å². The SMILES string of the molecule is Cc1cc(C2(C(=O)O)CCC2)no1. The summed E-state index contributed by atoms with van der Waals surface area (Å²) >= 11 is 0. The maximum atomic E-state index is 11.0. The van der Waals surface area contributed by atoms with Crippen LogP contribution in [0.5, 0.6) is 0 Å². The third-order valence-electron chi connectivity index (χ3n) is 2.73. The van der Waals surface area contributed by atoms with Gasteiger partial charge in [-0.25, -0.2) is 0 Å². The molecule has 0 spiro atoms. The molecule has 0 bridgehead atoms.